The van der Waals surface area contributed by atoms with E-state index in [1.165, 1.54) is 34.3 Å². The van der Waals surface area contributed by atoms with Crippen molar-refractivity contribution in [3.05, 3.63) is 59.8 Å². The molecule has 3 N–H and O–H groups in total. The molecule has 5 nitrogen and oxygen atoms in total. The first-order valence-corrected chi connectivity index (χ1v) is 10.3. The van der Waals surface area contributed by atoms with Crippen molar-refractivity contribution in [2.45, 2.75) is 44.8 Å². The minimum atomic E-state index is 0.0842. The van der Waals surface area contributed by atoms with Gasteiger partial charge in [0.2, 0.25) is 0 Å². The first-order chi connectivity index (χ1) is 13.2. The molecule has 0 radical (unpaired) electrons. The lowest BCUT2D eigenvalue weighted by Crippen LogP contribution is -2.59. The van der Waals surface area contributed by atoms with E-state index in [1.54, 1.807) is 0 Å². The molecule has 5 heteroatoms. The molecule has 3 atom stereocenters. The zero-order chi connectivity index (χ0) is 18.2. The number of para-hydroxylation sites is 1. The lowest BCUT2D eigenvalue weighted by atomic mass is 9.65. The molecule has 0 spiro atoms. The van der Waals surface area contributed by atoms with Gasteiger partial charge >= 0.3 is 0 Å². The molecule has 2 aromatic rings. The highest BCUT2D eigenvalue weighted by atomic mass is 15.6. The molecule has 0 amide bonds. The van der Waals surface area contributed by atoms with Crippen molar-refractivity contribution in [1.29, 1.82) is 0 Å². The number of quaternary nitrogens is 1. The van der Waals surface area contributed by atoms with Crippen LogP contribution in [-0.4, -0.2) is 28.4 Å². The molecule has 1 aromatic heterocycles. The normalized spacial score (nSPS) is 34.1. The summed E-state index contributed by atoms with van der Waals surface area (Å²) in [6.07, 6.45) is 11.1. The number of rotatable bonds is 2. The van der Waals surface area contributed by atoms with Crippen LogP contribution in [0.4, 0.5) is 0 Å². The quantitative estimate of drug-likeness (QED) is 0.793. The Labute approximate surface area is 160 Å². The molecule has 1 fully saturated rings. The summed E-state index contributed by atoms with van der Waals surface area (Å²) in [7, 11) is 0. The maximum absolute atomic E-state index is 9.40. The Hall–Kier alpha value is -2.24. The summed E-state index contributed by atoms with van der Waals surface area (Å²) < 4.78 is 2.96. The third-order valence-electron chi connectivity index (χ3n) is 7.53. The number of nitrogens with one attached hydrogen (secondary N) is 3. The molecular weight excluding hydrogens is 334 g/mol. The van der Waals surface area contributed by atoms with E-state index < -0.39 is 0 Å². The number of hydrogen-bond donors (Lipinski definition) is 2. The molecule has 0 aliphatic carbocycles. The smallest absolute Gasteiger partial charge is 0.138 e. The standard InChI is InChI=1S/C22H27N5/c1-2-22-9-5-12-27(23)13-8-16-15-6-3-4-7-17(15)26(19(16)20(22)27)18(14-22)21-24-10-11-25-21/h3-4,6-7,10-11,14,20-21,23-25H,2,5,8-9,12-13H2,1H3/t20?,22-,27?/m0/s1. The summed E-state index contributed by atoms with van der Waals surface area (Å²) in [5.74, 6) is 9.40. The predicted octanol–water partition coefficient (Wildman–Crippen LogP) is 4.06. The molecule has 2 unspecified atom stereocenters. The van der Waals surface area contributed by atoms with E-state index in [1.807, 2.05) is 12.4 Å². The van der Waals surface area contributed by atoms with Crippen molar-refractivity contribution in [3.8, 4) is 0 Å². The van der Waals surface area contributed by atoms with Gasteiger partial charge in [-0.1, -0.05) is 25.1 Å². The van der Waals surface area contributed by atoms with Gasteiger partial charge in [0.1, 0.15) is 12.2 Å². The molecule has 0 bridgehead atoms. The highest BCUT2D eigenvalue weighted by molar-refractivity contribution is 5.90. The maximum Gasteiger partial charge on any atom is 0.138 e. The first kappa shape index (κ1) is 15.8. The van der Waals surface area contributed by atoms with Gasteiger partial charge in [-0.15, -0.1) is 0 Å². The molecular formula is C22H27N5. The van der Waals surface area contributed by atoms with Crippen LogP contribution in [0.3, 0.4) is 0 Å². The largest absolute Gasteiger partial charge is 0.467 e. The van der Waals surface area contributed by atoms with Crippen LogP contribution in [0.5, 0.6) is 0 Å². The number of benzene rings is 1. The Balaban J connectivity index is 1.71. The lowest BCUT2D eigenvalue weighted by Gasteiger charge is -2.62. The minimum absolute atomic E-state index is 0.0842. The zero-order valence-electron chi connectivity index (χ0n) is 15.8. The van der Waals surface area contributed by atoms with Crippen LogP contribution >= 0.6 is 0 Å². The fourth-order valence-electron chi connectivity index (χ4n) is 6.36. The van der Waals surface area contributed by atoms with Gasteiger partial charge in [-0.05, 0) is 37.0 Å². The predicted molar refractivity (Wildman–Crippen MR) is 108 cm³/mol. The number of hydrogen-bond acceptors (Lipinski definition) is 2. The Morgan fingerprint density at radius 3 is 2.85 bits per heavy atom. The molecule has 27 heavy (non-hydrogen) atoms. The second-order valence-electron chi connectivity index (χ2n) is 8.71. The van der Waals surface area contributed by atoms with Gasteiger partial charge in [-0.25, -0.2) is 0 Å². The topological polar surface area (TPSA) is 52.8 Å². The number of piperidine rings is 1. The third-order valence-corrected chi connectivity index (χ3v) is 7.53. The molecule has 6 rings (SSSR count). The zero-order valence-corrected chi connectivity index (χ0v) is 15.8. The summed E-state index contributed by atoms with van der Waals surface area (Å²) in [4.78, 5) is 0. The third kappa shape index (κ3) is 1.86. The first-order valence-electron chi connectivity index (χ1n) is 10.3. The lowest BCUT2D eigenvalue weighted by molar-refractivity contribution is -0.927. The van der Waals surface area contributed by atoms with E-state index in [2.05, 4.69) is 52.5 Å². The Morgan fingerprint density at radius 2 is 2.04 bits per heavy atom. The minimum Gasteiger partial charge on any atom is -0.467 e. The monoisotopic (exact) mass is 361 g/mol. The highest BCUT2D eigenvalue weighted by Crippen LogP contribution is 2.60. The molecule has 4 aliphatic heterocycles. The van der Waals surface area contributed by atoms with E-state index in [4.69, 9.17) is 0 Å². The van der Waals surface area contributed by atoms with Gasteiger partial charge in [0, 0.05) is 29.6 Å². The van der Waals surface area contributed by atoms with Crippen molar-refractivity contribution >= 4 is 16.6 Å². The average molecular weight is 361 g/mol. The summed E-state index contributed by atoms with van der Waals surface area (Å²) in [5, 5.41) is 8.35. The summed E-state index contributed by atoms with van der Waals surface area (Å²) in [6.45, 7) is 4.25. The van der Waals surface area contributed by atoms with Gasteiger partial charge in [-0.3, -0.25) is 0 Å². The van der Waals surface area contributed by atoms with Gasteiger partial charge in [0.15, 0.2) is 0 Å². The van der Waals surface area contributed by atoms with Crippen LogP contribution in [-0.2, 0) is 6.42 Å². The SMILES string of the molecule is CC[C@@]12C=C(C3NC=CN3)n3c4c(c5ccccc53)CC[N+]([NH-])(CCC1)C42. The fourth-order valence-corrected chi connectivity index (χ4v) is 6.36. The van der Waals surface area contributed by atoms with Crippen molar-refractivity contribution in [1.82, 2.24) is 15.2 Å². The van der Waals surface area contributed by atoms with E-state index in [0.717, 1.165) is 32.4 Å². The number of aromatic nitrogens is 1. The van der Waals surface area contributed by atoms with Gasteiger partial charge in [-0.2, -0.15) is 0 Å². The molecule has 1 saturated heterocycles. The van der Waals surface area contributed by atoms with Crippen LogP contribution in [0.2, 0.25) is 0 Å². The maximum atomic E-state index is 9.40. The molecule has 0 saturated carbocycles. The van der Waals surface area contributed by atoms with Crippen molar-refractivity contribution in [2.75, 3.05) is 13.1 Å². The Kier molecular flexibility index (Phi) is 3.03. The van der Waals surface area contributed by atoms with Crippen LogP contribution in [0, 0.1) is 5.41 Å². The molecule has 1 aromatic carbocycles. The van der Waals surface area contributed by atoms with Crippen LogP contribution in [0.15, 0.2) is 42.7 Å². The summed E-state index contributed by atoms with van der Waals surface area (Å²) in [5.41, 5.74) is 5.61. The Morgan fingerprint density at radius 1 is 1.22 bits per heavy atom. The van der Waals surface area contributed by atoms with Crippen molar-refractivity contribution < 1.29 is 4.59 Å². The van der Waals surface area contributed by atoms with Crippen molar-refractivity contribution in [3.63, 3.8) is 0 Å². The van der Waals surface area contributed by atoms with Crippen LogP contribution in [0.25, 0.3) is 22.4 Å². The molecule has 140 valence electrons. The van der Waals surface area contributed by atoms with E-state index >= 15 is 0 Å². The van der Waals surface area contributed by atoms with E-state index in [-0.39, 0.29) is 17.6 Å². The molecule has 5 heterocycles. The highest BCUT2D eigenvalue weighted by Gasteiger charge is 2.56. The second kappa shape index (κ2) is 5.18. The van der Waals surface area contributed by atoms with E-state index in [9.17, 15) is 5.84 Å². The van der Waals surface area contributed by atoms with E-state index in [0.29, 0.717) is 4.59 Å². The van der Waals surface area contributed by atoms with Crippen LogP contribution < -0.4 is 10.6 Å². The van der Waals surface area contributed by atoms with Gasteiger partial charge in [0.05, 0.1) is 30.0 Å². The van der Waals surface area contributed by atoms with Crippen LogP contribution in [0.1, 0.15) is 43.5 Å². The van der Waals surface area contributed by atoms with Gasteiger partial charge in [0.25, 0.3) is 0 Å². The Bertz CT molecular complexity index is 994. The molecule has 4 aliphatic rings. The summed E-state index contributed by atoms with van der Waals surface area (Å²) >= 11 is 0. The van der Waals surface area contributed by atoms with Crippen molar-refractivity contribution in [2.24, 2.45) is 5.41 Å². The second-order valence-corrected chi connectivity index (χ2v) is 8.71. The summed E-state index contributed by atoms with van der Waals surface area (Å²) in [6, 6.07) is 9.10. The number of fused-ring (bicyclic) bond motifs is 3. The number of nitrogens with zero attached hydrogens (tertiary/aromatic N) is 2. The average Bonchev–Trinajstić information content (AvgIpc) is 3.33. The fraction of sp³-hybridized carbons (Fsp3) is 0.455. The van der Waals surface area contributed by atoms with Gasteiger partial charge < -0.3 is 25.6 Å².